The summed E-state index contributed by atoms with van der Waals surface area (Å²) >= 11 is 0. The molecule has 106 valence electrons. The largest absolute Gasteiger partial charge is 0.483 e. The van der Waals surface area contributed by atoms with Crippen LogP contribution < -0.4 is 15.8 Å². The molecule has 0 saturated heterocycles. The van der Waals surface area contributed by atoms with E-state index < -0.39 is 0 Å². The average Bonchev–Trinajstić information content (AvgIpc) is 2.48. The van der Waals surface area contributed by atoms with Crippen LogP contribution >= 0.6 is 0 Å². The van der Waals surface area contributed by atoms with Crippen molar-refractivity contribution in [3.63, 3.8) is 0 Å². The van der Waals surface area contributed by atoms with Crippen LogP contribution in [0.2, 0.25) is 0 Å². The number of ether oxygens (including phenoxy) is 1. The summed E-state index contributed by atoms with van der Waals surface area (Å²) in [5, 5.41) is 3.24. The Morgan fingerprint density at radius 1 is 1.25 bits per heavy atom. The lowest BCUT2D eigenvalue weighted by molar-refractivity contribution is 0.305. The average molecular weight is 272 g/mol. The van der Waals surface area contributed by atoms with Gasteiger partial charge in [-0.05, 0) is 12.0 Å². The van der Waals surface area contributed by atoms with Gasteiger partial charge in [-0.25, -0.2) is 4.98 Å². The van der Waals surface area contributed by atoms with Gasteiger partial charge < -0.3 is 15.8 Å². The van der Waals surface area contributed by atoms with Crippen LogP contribution in [0.4, 0.5) is 11.8 Å². The summed E-state index contributed by atoms with van der Waals surface area (Å²) in [6.45, 7) is 3.47. The molecule has 0 aliphatic carbocycles. The molecular weight excluding hydrogens is 252 g/mol. The Bertz CT molecular complexity index is 531. The van der Waals surface area contributed by atoms with Gasteiger partial charge in [-0.15, -0.1) is 0 Å². The molecule has 0 fully saturated rings. The zero-order valence-electron chi connectivity index (χ0n) is 11.7. The van der Waals surface area contributed by atoms with Crippen LogP contribution in [0.5, 0.6) is 5.75 Å². The highest BCUT2D eigenvalue weighted by Crippen LogP contribution is 2.22. The zero-order chi connectivity index (χ0) is 14.2. The second-order valence-corrected chi connectivity index (χ2v) is 4.50. The van der Waals surface area contributed by atoms with Crippen molar-refractivity contribution < 1.29 is 4.74 Å². The maximum atomic E-state index is 5.77. The molecule has 0 saturated carbocycles. The van der Waals surface area contributed by atoms with Gasteiger partial charge in [-0.2, -0.15) is 4.98 Å². The lowest BCUT2D eigenvalue weighted by atomic mass is 10.2. The Morgan fingerprint density at radius 3 is 2.80 bits per heavy atom. The number of hydrogen-bond acceptors (Lipinski definition) is 5. The lowest BCUT2D eigenvalue weighted by Gasteiger charge is -2.12. The third-order valence-corrected chi connectivity index (χ3v) is 2.83. The molecule has 1 aromatic heterocycles. The van der Waals surface area contributed by atoms with Gasteiger partial charge in [0.25, 0.3) is 0 Å². The highest BCUT2D eigenvalue weighted by Gasteiger charge is 2.07. The fraction of sp³-hybridized carbons (Fsp3) is 0.333. The first-order chi connectivity index (χ1) is 9.79. The van der Waals surface area contributed by atoms with Gasteiger partial charge in [0, 0.05) is 6.54 Å². The van der Waals surface area contributed by atoms with E-state index in [9.17, 15) is 0 Å². The second kappa shape index (κ2) is 7.33. The smallest absolute Gasteiger partial charge is 0.222 e. The highest BCUT2D eigenvalue weighted by molar-refractivity contribution is 5.51. The van der Waals surface area contributed by atoms with E-state index in [0.717, 1.165) is 24.9 Å². The molecule has 0 amide bonds. The van der Waals surface area contributed by atoms with E-state index >= 15 is 0 Å². The molecule has 1 heterocycles. The van der Waals surface area contributed by atoms with Crippen molar-refractivity contribution in [3.8, 4) is 5.75 Å². The molecule has 0 unspecified atom stereocenters. The molecule has 0 atom stereocenters. The molecule has 0 bridgehead atoms. The third-order valence-electron chi connectivity index (χ3n) is 2.83. The fourth-order valence-electron chi connectivity index (χ4n) is 1.74. The number of aromatic nitrogens is 2. The van der Waals surface area contributed by atoms with E-state index in [1.54, 1.807) is 6.20 Å². The van der Waals surface area contributed by atoms with E-state index in [4.69, 9.17) is 10.5 Å². The van der Waals surface area contributed by atoms with Crippen molar-refractivity contribution in [1.82, 2.24) is 9.97 Å². The normalized spacial score (nSPS) is 10.2. The molecule has 0 spiro atoms. The number of hydrogen-bond donors (Lipinski definition) is 2. The number of nitrogens with two attached hydrogens (primary N) is 1. The van der Waals surface area contributed by atoms with Crippen molar-refractivity contribution in [2.45, 2.75) is 26.4 Å². The lowest BCUT2D eigenvalue weighted by Crippen LogP contribution is -2.08. The summed E-state index contributed by atoms with van der Waals surface area (Å²) in [5.74, 6) is 1.53. The quantitative estimate of drug-likeness (QED) is 0.758. The summed E-state index contributed by atoms with van der Waals surface area (Å²) in [6.07, 6.45) is 3.80. The number of unbranched alkanes of at least 4 members (excludes halogenated alkanes) is 1. The second-order valence-electron chi connectivity index (χ2n) is 4.50. The molecule has 0 aliphatic heterocycles. The maximum absolute atomic E-state index is 5.77. The van der Waals surface area contributed by atoms with Gasteiger partial charge in [-0.3, -0.25) is 0 Å². The standard InChI is InChI=1S/C15H20N4O/c1-2-3-9-17-14-13(10-18-15(16)19-14)20-11-12-7-5-4-6-8-12/h4-8,10H,2-3,9,11H2,1H3,(H3,16,17,18,19). The molecule has 5 nitrogen and oxygen atoms in total. The van der Waals surface area contributed by atoms with Crippen LogP contribution in [0.3, 0.4) is 0 Å². The minimum Gasteiger partial charge on any atom is -0.483 e. The predicted molar refractivity (Wildman–Crippen MR) is 80.6 cm³/mol. The molecule has 0 radical (unpaired) electrons. The molecule has 0 aliphatic rings. The topological polar surface area (TPSA) is 73.1 Å². The Labute approximate surface area is 119 Å². The van der Waals surface area contributed by atoms with Gasteiger partial charge in [0.2, 0.25) is 5.95 Å². The van der Waals surface area contributed by atoms with E-state index in [-0.39, 0.29) is 5.95 Å². The monoisotopic (exact) mass is 272 g/mol. The van der Waals surface area contributed by atoms with Crippen LogP contribution in [0, 0.1) is 0 Å². The van der Waals surface area contributed by atoms with Crippen LogP contribution in [0.1, 0.15) is 25.3 Å². The summed E-state index contributed by atoms with van der Waals surface area (Å²) in [6, 6.07) is 9.98. The van der Waals surface area contributed by atoms with E-state index in [1.807, 2.05) is 30.3 Å². The Kier molecular flexibility index (Phi) is 5.17. The first-order valence-corrected chi connectivity index (χ1v) is 6.82. The number of nitrogens with zero attached hydrogens (tertiary/aromatic N) is 2. The van der Waals surface area contributed by atoms with Gasteiger partial charge in [0.1, 0.15) is 6.61 Å². The van der Waals surface area contributed by atoms with Crippen LogP contribution in [-0.4, -0.2) is 16.5 Å². The minimum absolute atomic E-state index is 0.246. The summed E-state index contributed by atoms with van der Waals surface area (Å²) in [7, 11) is 0. The maximum Gasteiger partial charge on any atom is 0.222 e. The zero-order valence-corrected chi connectivity index (χ0v) is 11.7. The molecule has 2 rings (SSSR count). The van der Waals surface area contributed by atoms with Crippen LogP contribution in [0.25, 0.3) is 0 Å². The number of anilines is 2. The molecule has 1 aromatic carbocycles. The van der Waals surface area contributed by atoms with Crippen molar-refractivity contribution >= 4 is 11.8 Å². The van der Waals surface area contributed by atoms with E-state index in [2.05, 4.69) is 22.2 Å². The first-order valence-electron chi connectivity index (χ1n) is 6.82. The number of nitrogens with one attached hydrogen (secondary N) is 1. The Hall–Kier alpha value is -2.30. The molecule has 5 heteroatoms. The molecular formula is C15H20N4O. The molecule has 3 N–H and O–H groups in total. The summed E-state index contributed by atoms with van der Waals surface area (Å²) < 4.78 is 5.77. The highest BCUT2D eigenvalue weighted by atomic mass is 16.5. The van der Waals surface area contributed by atoms with Gasteiger partial charge in [0.05, 0.1) is 6.20 Å². The number of benzene rings is 1. The predicted octanol–water partition coefficient (Wildman–Crippen LogP) is 2.85. The third kappa shape index (κ3) is 4.12. The SMILES string of the molecule is CCCCNc1nc(N)ncc1OCc1ccccc1. The van der Waals surface area contributed by atoms with Gasteiger partial charge in [-0.1, -0.05) is 43.7 Å². The fourth-order valence-corrected chi connectivity index (χ4v) is 1.74. The van der Waals surface area contributed by atoms with Crippen molar-refractivity contribution in [3.05, 3.63) is 42.1 Å². The number of rotatable bonds is 7. The summed E-state index contributed by atoms with van der Waals surface area (Å²) in [5.41, 5.74) is 6.72. The van der Waals surface area contributed by atoms with E-state index in [1.165, 1.54) is 0 Å². The van der Waals surface area contributed by atoms with Gasteiger partial charge in [0.15, 0.2) is 11.6 Å². The number of nitrogen functional groups attached to an aromatic ring is 1. The van der Waals surface area contributed by atoms with Crippen LogP contribution in [0.15, 0.2) is 36.5 Å². The van der Waals surface area contributed by atoms with Gasteiger partial charge >= 0.3 is 0 Å². The Morgan fingerprint density at radius 2 is 2.05 bits per heavy atom. The summed E-state index contributed by atoms with van der Waals surface area (Å²) in [4.78, 5) is 8.17. The minimum atomic E-state index is 0.246. The Balaban J connectivity index is 2.02. The molecule has 2 aromatic rings. The van der Waals surface area contributed by atoms with Crippen molar-refractivity contribution in [2.24, 2.45) is 0 Å². The first kappa shape index (κ1) is 14.1. The van der Waals surface area contributed by atoms with E-state index in [0.29, 0.717) is 18.2 Å². The van der Waals surface area contributed by atoms with Crippen molar-refractivity contribution in [1.29, 1.82) is 0 Å². The van der Waals surface area contributed by atoms with Crippen molar-refractivity contribution in [2.75, 3.05) is 17.6 Å². The molecule has 20 heavy (non-hydrogen) atoms. The van der Waals surface area contributed by atoms with Crippen LogP contribution in [-0.2, 0) is 6.61 Å².